The molecule has 0 unspecified atom stereocenters. The van der Waals surface area contributed by atoms with Crippen LogP contribution in [0.2, 0.25) is 0 Å². The summed E-state index contributed by atoms with van der Waals surface area (Å²) in [6.45, 7) is 0. The van der Waals surface area contributed by atoms with Gasteiger partial charge in [-0.3, -0.25) is 9.79 Å². The maximum Gasteiger partial charge on any atom is 0.152 e. The van der Waals surface area contributed by atoms with Crippen molar-refractivity contribution in [3.05, 3.63) is 29.3 Å². The third-order valence-corrected chi connectivity index (χ3v) is 6.08. The Balaban J connectivity index is 1.74. The standard InChI is InChI=1S/C23H33NO/c25-18-22-15-14-21(20-12-8-4-5-9-13-20)16-23(22)24-17-19-10-6-2-1-3-7-11-19/h14-20H,1-13H2. The van der Waals surface area contributed by atoms with E-state index in [4.69, 9.17) is 4.99 Å². The Kier molecular flexibility index (Phi) is 7.26. The van der Waals surface area contributed by atoms with Crippen molar-refractivity contribution in [2.24, 2.45) is 10.9 Å². The quantitative estimate of drug-likeness (QED) is 0.330. The Morgan fingerprint density at radius 2 is 1.40 bits per heavy atom. The van der Waals surface area contributed by atoms with Crippen LogP contribution in [0.1, 0.15) is 105 Å². The number of rotatable bonds is 4. The van der Waals surface area contributed by atoms with Gasteiger partial charge < -0.3 is 0 Å². The molecular formula is C23H33NO. The summed E-state index contributed by atoms with van der Waals surface area (Å²) in [7, 11) is 0. The van der Waals surface area contributed by atoms with E-state index in [-0.39, 0.29) is 0 Å². The Bertz CT molecular complexity index is 561. The highest BCUT2D eigenvalue weighted by Gasteiger charge is 2.16. The first-order valence-corrected chi connectivity index (χ1v) is 10.5. The SMILES string of the molecule is O=Cc1ccc(C2CCCCCC2)cc1N=CC1CCCCCCC1. The zero-order valence-electron chi connectivity index (χ0n) is 15.6. The van der Waals surface area contributed by atoms with Crippen LogP contribution in [0.4, 0.5) is 5.69 Å². The third-order valence-electron chi connectivity index (χ3n) is 6.08. The molecule has 2 nitrogen and oxygen atoms in total. The van der Waals surface area contributed by atoms with Gasteiger partial charge in [-0.1, -0.05) is 63.9 Å². The van der Waals surface area contributed by atoms with Crippen LogP contribution in [0.5, 0.6) is 0 Å². The van der Waals surface area contributed by atoms with Crippen LogP contribution in [-0.4, -0.2) is 12.5 Å². The monoisotopic (exact) mass is 339 g/mol. The minimum absolute atomic E-state index is 0.585. The summed E-state index contributed by atoms with van der Waals surface area (Å²) < 4.78 is 0. The normalized spacial score (nSPS) is 21.6. The van der Waals surface area contributed by atoms with Gasteiger partial charge >= 0.3 is 0 Å². The minimum Gasteiger partial charge on any atom is -0.298 e. The number of aliphatic imine (C=N–C) groups is 1. The molecule has 0 aromatic heterocycles. The molecule has 0 saturated heterocycles. The van der Waals surface area contributed by atoms with Crippen LogP contribution in [0.15, 0.2) is 23.2 Å². The fraction of sp³-hybridized carbons (Fsp3) is 0.652. The molecule has 25 heavy (non-hydrogen) atoms. The van der Waals surface area contributed by atoms with Gasteiger partial charge in [0.25, 0.3) is 0 Å². The van der Waals surface area contributed by atoms with Gasteiger partial charge in [-0.15, -0.1) is 0 Å². The molecule has 0 N–H and O–H groups in total. The molecule has 2 aliphatic carbocycles. The van der Waals surface area contributed by atoms with Gasteiger partial charge in [0, 0.05) is 11.8 Å². The molecule has 0 spiro atoms. The molecular weight excluding hydrogens is 306 g/mol. The molecule has 0 aliphatic heterocycles. The van der Waals surface area contributed by atoms with Crippen molar-refractivity contribution < 1.29 is 4.79 Å². The zero-order valence-corrected chi connectivity index (χ0v) is 15.6. The number of aldehydes is 1. The fourth-order valence-corrected chi connectivity index (χ4v) is 4.46. The van der Waals surface area contributed by atoms with Gasteiger partial charge in [0.15, 0.2) is 6.29 Å². The van der Waals surface area contributed by atoms with E-state index in [1.165, 1.54) is 89.0 Å². The highest BCUT2D eigenvalue weighted by molar-refractivity contribution is 5.85. The van der Waals surface area contributed by atoms with Crippen molar-refractivity contribution in [3.8, 4) is 0 Å². The van der Waals surface area contributed by atoms with E-state index in [1.807, 2.05) is 6.07 Å². The summed E-state index contributed by atoms with van der Waals surface area (Å²) in [5.41, 5.74) is 3.01. The van der Waals surface area contributed by atoms with Crippen molar-refractivity contribution in [2.75, 3.05) is 0 Å². The second-order valence-corrected chi connectivity index (χ2v) is 8.01. The second-order valence-electron chi connectivity index (χ2n) is 8.01. The number of carbonyl (C=O) groups is 1. The maximum atomic E-state index is 11.4. The topological polar surface area (TPSA) is 29.4 Å². The maximum absolute atomic E-state index is 11.4. The highest BCUT2D eigenvalue weighted by atomic mass is 16.1. The highest BCUT2D eigenvalue weighted by Crippen LogP contribution is 2.34. The first-order chi connectivity index (χ1) is 12.4. The molecule has 2 aliphatic rings. The molecule has 0 bridgehead atoms. The lowest BCUT2D eigenvalue weighted by Gasteiger charge is -2.17. The molecule has 2 heteroatoms. The van der Waals surface area contributed by atoms with Crippen molar-refractivity contribution >= 4 is 18.2 Å². The van der Waals surface area contributed by atoms with E-state index in [2.05, 4.69) is 18.3 Å². The first-order valence-electron chi connectivity index (χ1n) is 10.5. The van der Waals surface area contributed by atoms with E-state index in [1.54, 1.807) is 0 Å². The van der Waals surface area contributed by atoms with Gasteiger partial charge in [0.1, 0.15) is 0 Å². The Morgan fingerprint density at radius 1 is 0.800 bits per heavy atom. The van der Waals surface area contributed by atoms with Crippen LogP contribution in [0, 0.1) is 5.92 Å². The summed E-state index contributed by atoms with van der Waals surface area (Å²) >= 11 is 0. The summed E-state index contributed by atoms with van der Waals surface area (Å²) in [5.74, 6) is 1.24. The smallest absolute Gasteiger partial charge is 0.152 e. The van der Waals surface area contributed by atoms with E-state index in [0.29, 0.717) is 11.8 Å². The molecule has 0 atom stereocenters. The Hall–Kier alpha value is -1.44. The van der Waals surface area contributed by atoms with E-state index in [0.717, 1.165) is 17.5 Å². The number of benzene rings is 1. The van der Waals surface area contributed by atoms with Crippen LogP contribution < -0.4 is 0 Å². The van der Waals surface area contributed by atoms with E-state index < -0.39 is 0 Å². The molecule has 0 heterocycles. The molecule has 3 rings (SSSR count). The Labute approximate surface area is 153 Å². The summed E-state index contributed by atoms with van der Waals surface area (Å²) in [6, 6.07) is 6.34. The Morgan fingerprint density at radius 3 is 2.04 bits per heavy atom. The molecule has 1 aromatic carbocycles. The number of nitrogens with zero attached hydrogens (tertiary/aromatic N) is 1. The number of carbonyl (C=O) groups excluding carboxylic acids is 1. The summed E-state index contributed by atoms with van der Waals surface area (Å²) in [6.07, 6.45) is 20.3. The van der Waals surface area contributed by atoms with Crippen LogP contribution in [0.3, 0.4) is 0 Å². The fourth-order valence-electron chi connectivity index (χ4n) is 4.46. The zero-order chi connectivity index (χ0) is 17.3. The average Bonchev–Trinajstić information content (AvgIpc) is 2.90. The van der Waals surface area contributed by atoms with Gasteiger partial charge in [-0.25, -0.2) is 0 Å². The summed E-state index contributed by atoms with van der Waals surface area (Å²) in [5, 5.41) is 0. The van der Waals surface area contributed by atoms with Crippen LogP contribution in [-0.2, 0) is 0 Å². The molecule has 136 valence electrons. The van der Waals surface area contributed by atoms with Crippen LogP contribution >= 0.6 is 0 Å². The van der Waals surface area contributed by atoms with Crippen LogP contribution in [0.25, 0.3) is 0 Å². The predicted octanol–water partition coefficient (Wildman–Crippen LogP) is 7.00. The van der Waals surface area contributed by atoms with E-state index in [9.17, 15) is 4.79 Å². The number of hydrogen-bond acceptors (Lipinski definition) is 2. The van der Waals surface area contributed by atoms with Crippen molar-refractivity contribution in [3.63, 3.8) is 0 Å². The van der Waals surface area contributed by atoms with E-state index >= 15 is 0 Å². The lowest BCUT2D eigenvalue weighted by molar-refractivity contribution is 0.112. The molecule has 2 fully saturated rings. The van der Waals surface area contributed by atoms with Gasteiger partial charge in [-0.05, 0) is 55.2 Å². The number of hydrogen-bond donors (Lipinski definition) is 0. The second kappa shape index (κ2) is 9.89. The largest absolute Gasteiger partial charge is 0.298 e. The molecule has 0 amide bonds. The lowest BCUT2D eigenvalue weighted by atomic mass is 9.90. The minimum atomic E-state index is 0.585. The van der Waals surface area contributed by atoms with Gasteiger partial charge in [0.2, 0.25) is 0 Å². The van der Waals surface area contributed by atoms with Crippen molar-refractivity contribution in [1.82, 2.24) is 0 Å². The first kappa shape index (κ1) is 18.4. The van der Waals surface area contributed by atoms with Crippen molar-refractivity contribution in [1.29, 1.82) is 0 Å². The molecule has 2 saturated carbocycles. The molecule has 1 aromatic rings. The third kappa shape index (κ3) is 5.52. The predicted molar refractivity (Wildman–Crippen MR) is 106 cm³/mol. The van der Waals surface area contributed by atoms with Crippen molar-refractivity contribution in [2.45, 2.75) is 89.4 Å². The van der Waals surface area contributed by atoms with Gasteiger partial charge in [0.05, 0.1) is 5.69 Å². The lowest BCUT2D eigenvalue weighted by Crippen LogP contribution is -2.05. The summed E-state index contributed by atoms with van der Waals surface area (Å²) in [4.78, 5) is 16.2. The van der Waals surface area contributed by atoms with Gasteiger partial charge in [-0.2, -0.15) is 0 Å². The molecule has 0 radical (unpaired) electrons. The average molecular weight is 340 g/mol.